The molecular weight excluding hydrogens is 242 g/mol. The van der Waals surface area contributed by atoms with Crippen LogP contribution in [0.25, 0.3) is 11.3 Å². The fourth-order valence-corrected chi connectivity index (χ4v) is 2.16. The number of aryl methyl sites for hydroxylation is 2. The molecule has 0 fully saturated rings. The molecule has 5 nitrogen and oxygen atoms in total. The molecule has 0 saturated carbocycles. The van der Waals surface area contributed by atoms with Gasteiger partial charge in [-0.3, -0.25) is 5.10 Å². The second-order valence-corrected chi connectivity index (χ2v) is 4.40. The Hall–Kier alpha value is -2.01. The summed E-state index contributed by atoms with van der Waals surface area (Å²) in [7, 11) is 3.25. The van der Waals surface area contributed by atoms with Crippen LogP contribution in [0.5, 0.6) is 11.5 Å². The predicted octanol–water partition coefficient (Wildman–Crippen LogP) is 2.17. The number of hydrogen-bond donors (Lipinski definition) is 2. The van der Waals surface area contributed by atoms with Crippen molar-refractivity contribution in [2.24, 2.45) is 5.73 Å². The molecule has 0 saturated heterocycles. The van der Waals surface area contributed by atoms with Crippen molar-refractivity contribution in [2.75, 3.05) is 14.2 Å². The normalized spacial score (nSPS) is 10.6. The molecule has 0 aliphatic heterocycles. The molecule has 0 aliphatic carbocycles. The van der Waals surface area contributed by atoms with Crippen LogP contribution in [-0.2, 0) is 6.54 Å². The van der Waals surface area contributed by atoms with Crippen LogP contribution in [0.1, 0.15) is 16.8 Å². The lowest BCUT2D eigenvalue weighted by atomic mass is 10.0. The van der Waals surface area contributed by atoms with Crippen LogP contribution in [0.3, 0.4) is 0 Å². The van der Waals surface area contributed by atoms with Crippen LogP contribution in [0, 0.1) is 13.8 Å². The summed E-state index contributed by atoms with van der Waals surface area (Å²) in [5.41, 5.74) is 10.8. The minimum atomic E-state index is 0.450. The zero-order valence-corrected chi connectivity index (χ0v) is 11.7. The number of benzene rings is 1. The van der Waals surface area contributed by atoms with Crippen molar-refractivity contribution >= 4 is 0 Å². The molecule has 102 valence electrons. The minimum Gasteiger partial charge on any atom is -0.493 e. The highest BCUT2D eigenvalue weighted by molar-refractivity contribution is 5.71. The quantitative estimate of drug-likeness (QED) is 0.884. The molecule has 0 unspecified atom stereocenters. The summed E-state index contributed by atoms with van der Waals surface area (Å²) >= 11 is 0. The minimum absolute atomic E-state index is 0.450. The molecule has 1 aromatic carbocycles. The van der Waals surface area contributed by atoms with Crippen LogP contribution in [0.4, 0.5) is 0 Å². The molecule has 1 heterocycles. The van der Waals surface area contributed by atoms with E-state index in [-0.39, 0.29) is 0 Å². The number of nitrogens with zero attached hydrogens (tertiary/aromatic N) is 1. The van der Waals surface area contributed by atoms with Crippen molar-refractivity contribution in [2.45, 2.75) is 20.4 Å². The van der Waals surface area contributed by atoms with E-state index in [1.54, 1.807) is 14.2 Å². The average Bonchev–Trinajstić information content (AvgIpc) is 2.79. The zero-order valence-electron chi connectivity index (χ0n) is 11.7. The summed E-state index contributed by atoms with van der Waals surface area (Å²) in [6, 6.07) is 3.88. The third-order valence-electron chi connectivity index (χ3n) is 3.26. The number of nitrogens with one attached hydrogen (secondary N) is 1. The van der Waals surface area contributed by atoms with E-state index < -0.39 is 0 Å². The van der Waals surface area contributed by atoms with E-state index in [0.717, 1.165) is 28.1 Å². The van der Waals surface area contributed by atoms with Gasteiger partial charge in [0.15, 0.2) is 11.5 Å². The van der Waals surface area contributed by atoms with Gasteiger partial charge in [-0.05, 0) is 31.5 Å². The summed E-state index contributed by atoms with van der Waals surface area (Å²) in [5, 5.41) is 7.33. The Morgan fingerprint density at radius 3 is 2.37 bits per heavy atom. The van der Waals surface area contributed by atoms with Crippen molar-refractivity contribution in [3.05, 3.63) is 29.0 Å². The van der Waals surface area contributed by atoms with E-state index >= 15 is 0 Å². The maximum atomic E-state index is 5.79. The lowest BCUT2D eigenvalue weighted by molar-refractivity contribution is 0.355. The number of ether oxygens (including phenoxy) is 2. The van der Waals surface area contributed by atoms with Gasteiger partial charge in [0, 0.05) is 23.4 Å². The smallest absolute Gasteiger partial charge is 0.161 e. The number of aromatic nitrogens is 2. The van der Waals surface area contributed by atoms with Crippen molar-refractivity contribution < 1.29 is 9.47 Å². The predicted molar refractivity (Wildman–Crippen MR) is 74.5 cm³/mol. The maximum absolute atomic E-state index is 5.79. The van der Waals surface area contributed by atoms with Crippen LogP contribution >= 0.6 is 0 Å². The molecule has 0 aliphatic rings. The Kier molecular flexibility index (Phi) is 3.76. The highest BCUT2D eigenvalue weighted by Crippen LogP contribution is 2.36. The first kappa shape index (κ1) is 13.4. The number of nitrogens with two attached hydrogens (primary N) is 1. The summed E-state index contributed by atoms with van der Waals surface area (Å²) in [5.74, 6) is 1.40. The first-order valence-electron chi connectivity index (χ1n) is 6.09. The van der Waals surface area contributed by atoms with Gasteiger partial charge in [-0.2, -0.15) is 5.10 Å². The average molecular weight is 261 g/mol. The molecule has 0 radical (unpaired) electrons. The number of rotatable bonds is 4. The van der Waals surface area contributed by atoms with Gasteiger partial charge in [0.2, 0.25) is 0 Å². The van der Waals surface area contributed by atoms with Gasteiger partial charge >= 0.3 is 0 Å². The largest absolute Gasteiger partial charge is 0.493 e. The molecule has 0 atom stereocenters. The maximum Gasteiger partial charge on any atom is 0.161 e. The van der Waals surface area contributed by atoms with Gasteiger partial charge in [0.1, 0.15) is 0 Å². The summed E-state index contributed by atoms with van der Waals surface area (Å²) in [6.45, 7) is 4.43. The standard InChI is InChI=1S/C14H19N3O2/c1-8-5-12(18-3)13(19-4)6-10(8)14-11(7-15)9(2)16-17-14/h5-6H,7,15H2,1-4H3,(H,16,17). The van der Waals surface area contributed by atoms with Gasteiger partial charge in [-0.15, -0.1) is 0 Å². The molecule has 19 heavy (non-hydrogen) atoms. The molecule has 0 amide bonds. The SMILES string of the molecule is COc1cc(C)c(-c2n[nH]c(C)c2CN)cc1OC. The van der Waals surface area contributed by atoms with Crippen molar-refractivity contribution in [1.82, 2.24) is 10.2 Å². The number of hydrogen-bond acceptors (Lipinski definition) is 4. The highest BCUT2D eigenvalue weighted by atomic mass is 16.5. The fraction of sp³-hybridized carbons (Fsp3) is 0.357. The van der Waals surface area contributed by atoms with Gasteiger partial charge in [-0.1, -0.05) is 0 Å². The summed E-state index contributed by atoms with van der Waals surface area (Å²) < 4.78 is 10.6. The first-order chi connectivity index (χ1) is 9.12. The van der Waals surface area contributed by atoms with Gasteiger partial charge in [0.25, 0.3) is 0 Å². The van der Waals surface area contributed by atoms with E-state index in [1.807, 2.05) is 26.0 Å². The molecule has 3 N–H and O–H groups in total. The molecule has 2 aromatic rings. The molecule has 2 rings (SSSR count). The second-order valence-electron chi connectivity index (χ2n) is 4.40. The Bertz CT molecular complexity index is 591. The van der Waals surface area contributed by atoms with Gasteiger partial charge in [-0.25, -0.2) is 0 Å². The van der Waals surface area contributed by atoms with E-state index in [2.05, 4.69) is 10.2 Å². The van der Waals surface area contributed by atoms with Gasteiger partial charge < -0.3 is 15.2 Å². The third kappa shape index (κ3) is 2.29. The number of aromatic amines is 1. The monoisotopic (exact) mass is 261 g/mol. The molecule has 5 heteroatoms. The Morgan fingerprint density at radius 1 is 1.16 bits per heavy atom. The van der Waals surface area contributed by atoms with E-state index in [4.69, 9.17) is 15.2 Å². The summed E-state index contributed by atoms with van der Waals surface area (Å²) in [4.78, 5) is 0. The Morgan fingerprint density at radius 2 is 1.79 bits per heavy atom. The molecule has 0 spiro atoms. The topological polar surface area (TPSA) is 73.2 Å². The zero-order chi connectivity index (χ0) is 14.0. The lowest BCUT2D eigenvalue weighted by Crippen LogP contribution is -2.00. The van der Waals surface area contributed by atoms with Crippen LogP contribution in [0.15, 0.2) is 12.1 Å². The third-order valence-corrected chi connectivity index (χ3v) is 3.26. The van der Waals surface area contributed by atoms with Crippen LogP contribution in [0.2, 0.25) is 0 Å². The lowest BCUT2D eigenvalue weighted by Gasteiger charge is -2.12. The number of H-pyrrole nitrogens is 1. The van der Waals surface area contributed by atoms with Crippen molar-refractivity contribution in [3.63, 3.8) is 0 Å². The highest BCUT2D eigenvalue weighted by Gasteiger charge is 2.16. The molecule has 0 bridgehead atoms. The molecular formula is C14H19N3O2. The Balaban J connectivity index is 2.61. The van der Waals surface area contributed by atoms with E-state index in [9.17, 15) is 0 Å². The number of methoxy groups -OCH3 is 2. The van der Waals surface area contributed by atoms with E-state index in [0.29, 0.717) is 18.0 Å². The second kappa shape index (κ2) is 5.32. The van der Waals surface area contributed by atoms with E-state index in [1.165, 1.54) is 0 Å². The van der Waals surface area contributed by atoms with Gasteiger partial charge in [0.05, 0.1) is 19.9 Å². The Labute approximate surface area is 112 Å². The first-order valence-corrected chi connectivity index (χ1v) is 6.09. The fourth-order valence-electron chi connectivity index (χ4n) is 2.16. The summed E-state index contributed by atoms with van der Waals surface area (Å²) in [6.07, 6.45) is 0. The van der Waals surface area contributed by atoms with Crippen molar-refractivity contribution in [3.8, 4) is 22.8 Å². The van der Waals surface area contributed by atoms with Crippen LogP contribution < -0.4 is 15.2 Å². The van der Waals surface area contributed by atoms with Crippen LogP contribution in [-0.4, -0.2) is 24.4 Å². The van der Waals surface area contributed by atoms with Crippen molar-refractivity contribution in [1.29, 1.82) is 0 Å². The molecule has 1 aromatic heterocycles.